The van der Waals surface area contributed by atoms with Crippen LogP contribution in [0.5, 0.6) is 0 Å². The van der Waals surface area contributed by atoms with Crippen molar-refractivity contribution in [3.8, 4) is 0 Å². The van der Waals surface area contributed by atoms with Crippen LogP contribution >= 0.6 is 0 Å². The zero-order valence-electron chi connectivity index (χ0n) is 15.4. The van der Waals surface area contributed by atoms with Crippen LogP contribution in [0.15, 0.2) is 42.5 Å². The molecule has 2 aromatic rings. The average molecular weight is 337 g/mol. The molecule has 0 aromatic heterocycles. The molecule has 3 rings (SSSR count). The summed E-state index contributed by atoms with van der Waals surface area (Å²) in [6.45, 7) is 9.77. The fraction of sp³-hybridized carbons (Fsp3) is 0.381. The number of carbonyl (C=O) groups is 1. The van der Waals surface area contributed by atoms with Gasteiger partial charge >= 0.3 is 6.03 Å². The number of nitrogens with zero attached hydrogens (tertiary/aromatic N) is 2. The maximum absolute atomic E-state index is 12.7. The third-order valence-corrected chi connectivity index (χ3v) is 5.00. The Kier molecular flexibility index (Phi) is 5.27. The molecule has 0 unspecified atom stereocenters. The lowest BCUT2D eigenvalue weighted by molar-refractivity contribution is 0.206. The van der Waals surface area contributed by atoms with E-state index in [2.05, 4.69) is 54.4 Å². The van der Waals surface area contributed by atoms with Crippen molar-refractivity contribution in [2.75, 3.05) is 29.9 Å². The quantitative estimate of drug-likeness (QED) is 0.896. The monoisotopic (exact) mass is 337 g/mol. The number of amides is 2. The van der Waals surface area contributed by atoms with Crippen LogP contribution in [0.3, 0.4) is 0 Å². The first kappa shape index (κ1) is 17.3. The zero-order valence-corrected chi connectivity index (χ0v) is 15.4. The van der Waals surface area contributed by atoms with E-state index in [1.807, 2.05) is 24.0 Å². The highest BCUT2D eigenvalue weighted by molar-refractivity contribution is 5.90. The smallest absolute Gasteiger partial charge is 0.322 e. The highest BCUT2D eigenvalue weighted by Gasteiger charge is 2.20. The molecule has 2 amide bonds. The van der Waals surface area contributed by atoms with Gasteiger partial charge in [0.25, 0.3) is 0 Å². The molecule has 0 aliphatic carbocycles. The Hall–Kier alpha value is -2.49. The molecule has 1 aliphatic heterocycles. The second kappa shape index (κ2) is 7.60. The molecule has 0 fully saturated rings. The molecule has 1 N–H and O–H groups in total. The summed E-state index contributed by atoms with van der Waals surface area (Å²) >= 11 is 0. The molecule has 0 spiro atoms. The summed E-state index contributed by atoms with van der Waals surface area (Å²) in [7, 11) is 0. The van der Waals surface area contributed by atoms with E-state index in [0.29, 0.717) is 6.54 Å². The van der Waals surface area contributed by atoms with Gasteiger partial charge in [0.2, 0.25) is 0 Å². The van der Waals surface area contributed by atoms with E-state index in [0.717, 1.165) is 37.3 Å². The predicted octanol–water partition coefficient (Wildman–Crippen LogP) is 4.43. The van der Waals surface area contributed by atoms with Crippen molar-refractivity contribution in [1.29, 1.82) is 0 Å². The van der Waals surface area contributed by atoms with E-state index in [9.17, 15) is 4.79 Å². The molecule has 0 bridgehead atoms. The van der Waals surface area contributed by atoms with Gasteiger partial charge in [-0.15, -0.1) is 0 Å². The topological polar surface area (TPSA) is 35.6 Å². The summed E-state index contributed by atoms with van der Waals surface area (Å²) in [4.78, 5) is 16.9. The summed E-state index contributed by atoms with van der Waals surface area (Å²) in [5, 5.41) is 3.08. The number of fused-ring (bicyclic) bond motifs is 1. The Labute approximate surface area is 150 Å². The van der Waals surface area contributed by atoms with Crippen LogP contribution in [0, 0.1) is 6.92 Å². The Balaban J connectivity index is 1.69. The van der Waals surface area contributed by atoms with Crippen molar-refractivity contribution in [3.05, 3.63) is 59.2 Å². The molecule has 4 nitrogen and oxygen atoms in total. The van der Waals surface area contributed by atoms with Gasteiger partial charge in [-0.1, -0.05) is 24.3 Å². The first-order valence-electron chi connectivity index (χ1n) is 9.10. The van der Waals surface area contributed by atoms with Crippen LogP contribution in [0.25, 0.3) is 0 Å². The number of anilines is 2. The summed E-state index contributed by atoms with van der Waals surface area (Å²) in [6.07, 6.45) is 0.920. The van der Waals surface area contributed by atoms with Crippen molar-refractivity contribution in [2.45, 2.75) is 33.7 Å². The molecule has 0 atom stereocenters. The molecule has 4 heteroatoms. The third kappa shape index (κ3) is 3.78. The molecular formula is C21H27N3O. The second-order valence-electron chi connectivity index (χ2n) is 6.54. The van der Waals surface area contributed by atoms with Gasteiger partial charge in [0.15, 0.2) is 0 Å². The Morgan fingerprint density at radius 3 is 2.52 bits per heavy atom. The minimum absolute atomic E-state index is 0.0202. The Bertz CT molecular complexity index is 753. The lowest BCUT2D eigenvalue weighted by Crippen LogP contribution is -2.39. The number of carbonyl (C=O) groups excluding carboxylic acids is 1. The maximum Gasteiger partial charge on any atom is 0.322 e. The van der Waals surface area contributed by atoms with Crippen LogP contribution in [-0.4, -0.2) is 30.6 Å². The Morgan fingerprint density at radius 1 is 1.12 bits per heavy atom. The van der Waals surface area contributed by atoms with Crippen molar-refractivity contribution in [2.24, 2.45) is 0 Å². The standard InChI is InChI=1S/C21H27N3O/c1-4-23(5-2)19-10-11-20(16(3)14-19)22-21(25)24-13-12-17-8-6-7-9-18(17)15-24/h6-11,14H,4-5,12-13,15H2,1-3H3,(H,22,25). The van der Waals surface area contributed by atoms with Gasteiger partial charge in [0.05, 0.1) is 0 Å². The van der Waals surface area contributed by atoms with Gasteiger partial charge in [0.1, 0.15) is 0 Å². The normalized spacial score (nSPS) is 13.3. The van der Waals surface area contributed by atoms with E-state index >= 15 is 0 Å². The number of rotatable bonds is 4. The summed E-state index contributed by atoms with van der Waals surface area (Å²) in [6, 6.07) is 14.6. The SMILES string of the molecule is CCN(CC)c1ccc(NC(=O)N2CCc3ccccc3C2)c(C)c1. The van der Waals surface area contributed by atoms with Crippen molar-refractivity contribution in [1.82, 2.24) is 4.90 Å². The molecule has 1 aliphatic rings. The largest absolute Gasteiger partial charge is 0.372 e. The van der Waals surface area contributed by atoms with E-state index in [1.165, 1.54) is 16.8 Å². The minimum atomic E-state index is -0.0202. The fourth-order valence-electron chi connectivity index (χ4n) is 3.44. The second-order valence-corrected chi connectivity index (χ2v) is 6.54. The van der Waals surface area contributed by atoms with Gasteiger partial charge in [-0.05, 0) is 62.1 Å². The number of aryl methyl sites for hydroxylation is 1. The van der Waals surface area contributed by atoms with E-state index in [1.54, 1.807) is 0 Å². The molecule has 2 aromatic carbocycles. The average Bonchev–Trinajstić information content (AvgIpc) is 2.64. The van der Waals surface area contributed by atoms with Gasteiger partial charge in [-0.2, -0.15) is 0 Å². The van der Waals surface area contributed by atoms with Gasteiger partial charge in [-0.3, -0.25) is 0 Å². The lowest BCUT2D eigenvalue weighted by Gasteiger charge is -2.29. The molecule has 0 radical (unpaired) electrons. The van der Waals surface area contributed by atoms with Crippen molar-refractivity contribution < 1.29 is 4.79 Å². The van der Waals surface area contributed by atoms with Crippen molar-refractivity contribution in [3.63, 3.8) is 0 Å². The first-order valence-corrected chi connectivity index (χ1v) is 9.10. The third-order valence-electron chi connectivity index (χ3n) is 5.00. The van der Waals surface area contributed by atoms with E-state index in [4.69, 9.17) is 0 Å². The van der Waals surface area contributed by atoms with Crippen molar-refractivity contribution >= 4 is 17.4 Å². The number of hydrogen-bond acceptors (Lipinski definition) is 2. The maximum atomic E-state index is 12.7. The number of urea groups is 1. The minimum Gasteiger partial charge on any atom is -0.372 e. The van der Waals surface area contributed by atoms with Crippen LogP contribution in [0.1, 0.15) is 30.5 Å². The number of benzene rings is 2. The molecule has 0 saturated heterocycles. The van der Waals surface area contributed by atoms with Crippen LogP contribution in [-0.2, 0) is 13.0 Å². The van der Waals surface area contributed by atoms with Crippen LogP contribution in [0.4, 0.5) is 16.2 Å². The van der Waals surface area contributed by atoms with Gasteiger partial charge in [-0.25, -0.2) is 4.79 Å². The van der Waals surface area contributed by atoms with Crippen LogP contribution < -0.4 is 10.2 Å². The first-order chi connectivity index (χ1) is 12.1. The number of hydrogen-bond donors (Lipinski definition) is 1. The summed E-state index contributed by atoms with van der Waals surface area (Å²) in [5.74, 6) is 0. The summed E-state index contributed by atoms with van der Waals surface area (Å²) in [5.41, 5.74) is 5.78. The molecule has 132 valence electrons. The molecule has 25 heavy (non-hydrogen) atoms. The molecular weight excluding hydrogens is 310 g/mol. The zero-order chi connectivity index (χ0) is 17.8. The highest BCUT2D eigenvalue weighted by atomic mass is 16.2. The molecule has 1 heterocycles. The Morgan fingerprint density at radius 2 is 1.84 bits per heavy atom. The lowest BCUT2D eigenvalue weighted by atomic mass is 10.0. The van der Waals surface area contributed by atoms with Gasteiger partial charge < -0.3 is 15.1 Å². The molecule has 0 saturated carbocycles. The van der Waals surface area contributed by atoms with Gasteiger partial charge in [0, 0.05) is 37.6 Å². The van der Waals surface area contributed by atoms with Crippen LogP contribution in [0.2, 0.25) is 0 Å². The number of nitrogens with one attached hydrogen (secondary N) is 1. The highest BCUT2D eigenvalue weighted by Crippen LogP contribution is 2.24. The van der Waals surface area contributed by atoms with E-state index < -0.39 is 0 Å². The predicted molar refractivity (Wildman–Crippen MR) is 104 cm³/mol. The van der Waals surface area contributed by atoms with E-state index in [-0.39, 0.29) is 6.03 Å². The summed E-state index contributed by atoms with van der Waals surface area (Å²) < 4.78 is 0. The fourth-order valence-corrected chi connectivity index (χ4v) is 3.44.